The van der Waals surface area contributed by atoms with Crippen molar-refractivity contribution in [1.29, 1.82) is 0 Å². The first-order valence-corrected chi connectivity index (χ1v) is 7.02. The fourth-order valence-corrected chi connectivity index (χ4v) is 2.97. The van der Waals surface area contributed by atoms with Crippen molar-refractivity contribution in [1.82, 2.24) is 9.55 Å². The summed E-state index contributed by atoms with van der Waals surface area (Å²) < 4.78 is 15.7. The number of rotatable bonds is 2. The number of imidazole rings is 1. The topological polar surface area (TPSA) is 17.8 Å². The van der Waals surface area contributed by atoms with Gasteiger partial charge in [0.05, 0.1) is 17.3 Å². The minimum atomic E-state index is -0.356. The second-order valence-corrected chi connectivity index (χ2v) is 5.44. The normalized spacial score (nSPS) is 14.5. The maximum absolute atomic E-state index is 13.5. The van der Waals surface area contributed by atoms with Crippen LogP contribution in [0.25, 0.3) is 0 Å². The van der Waals surface area contributed by atoms with Gasteiger partial charge in [0.1, 0.15) is 11.6 Å². The summed E-state index contributed by atoms with van der Waals surface area (Å²) in [6.07, 6.45) is 4.53. The van der Waals surface area contributed by atoms with Crippen LogP contribution in [0.4, 0.5) is 4.39 Å². The summed E-state index contributed by atoms with van der Waals surface area (Å²) in [6, 6.07) is 4.97. The molecule has 0 amide bonds. The van der Waals surface area contributed by atoms with Gasteiger partial charge in [-0.3, -0.25) is 0 Å². The number of hydrogen-bond acceptors (Lipinski definition) is 1. The zero-order valence-electron chi connectivity index (χ0n) is 10.9. The van der Waals surface area contributed by atoms with E-state index in [9.17, 15) is 4.39 Å². The lowest BCUT2D eigenvalue weighted by molar-refractivity contribution is 0.612. The lowest BCUT2D eigenvalue weighted by Gasteiger charge is -2.15. The summed E-state index contributed by atoms with van der Waals surface area (Å²) in [5, 5.41) is 0.222. The van der Waals surface area contributed by atoms with Gasteiger partial charge >= 0.3 is 0 Å². The van der Waals surface area contributed by atoms with Crippen molar-refractivity contribution in [2.24, 2.45) is 0 Å². The molecule has 1 heterocycles. The van der Waals surface area contributed by atoms with Crippen LogP contribution in [-0.2, 0) is 19.4 Å². The molecule has 0 atom stereocenters. The van der Waals surface area contributed by atoms with Crippen molar-refractivity contribution < 1.29 is 4.39 Å². The zero-order valence-corrected chi connectivity index (χ0v) is 11.7. The Bertz CT molecular complexity index is 619. The summed E-state index contributed by atoms with van der Waals surface area (Å²) in [7, 11) is 0. The molecule has 0 N–H and O–H groups in total. The maximum Gasteiger partial charge on any atom is 0.142 e. The predicted molar refractivity (Wildman–Crippen MR) is 74.1 cm³/mol. The minimum Gasteiger partial charge on any atom is -0.328 e. The average Bonchev–Trinajstić information content (AvgIpc) is 2.72. The van der Waals surface area contributed by atoms with Gasteiger partial charge in [0.2, 0.25) is 0 Å². The van der Waals surface area contributed by atoms with E-state index in [0.29, 0.717) is 6.54 Å². The summed E-state index contributed by atoms with van der Waals surface area (Å²) >= 11 is 6.04. The highest BCUT2D eigenvalue weighted by atomic mass is 35.5. The van der Waals surface area contributed by atoms with E-state index in [4.69, 9.17) is 11.6 Å². The summed E-state index contributed by atoms with van der Waals surface area (Å²) in [4.78, 5) is 4.63. The number of hydrogen-bond donors (Lipinski definition) is 0. The molecule has 100 valence electrons. The van der Waals surface area contributed by atoms with Gasteiger partial charge in [-0.25, -0.2) is 9.37 Å². The molecule has 0 spiro atoms. The molecule has 1 aromatic carbocycles. The highest BCUT2D eigenvalue weighted by Gasteiger charge is 2.18. The molecule has 19 heavy (non-hydrogen) atoms. The second-order valence-electron chi connectivity index (χ2n) is 5.06. The molecular formula is C15H16ClFN2. The Morgan fingerprint density at radius 1 is 1.32 bits per heavy atom. The molecule has 1 aliphatic carbocycles. The lowest BCUT2D eigenvalue weighted by Crippen LogP contribution is -2.10. The maximum atomic E-state index is 13.5. The molecule has 0 bridgehead atoms. The third kappa shape index (κ3) is 2.27. The molecule has 0 unspecified atom stereocenters. The summed E-state index contributed by atoms with van der Waals surface area (Å²) in [5.41, 5.74) is 3.32. The monoisotopic (exact) mass is 278 g/mol. The van der Waals surface area contributed by atoms with Crippen molar-refractivity contribution in [3.05, 3.63) is 51.8 Å². The molecule has 0 fully saturated rings. The van der Waals surface area contributed by atoms with Gasteiger partial charge in [0.25, 0.3) is 0 Å². The van der Waals surface area contributed by atoms with Crippen LogP contribution >= 0.6 is 11.6 Å². The number of benzene rings is 1. The summed E-state index contributed by atoms with van der Waals surface area (Å²) in [5.74, 6) is 0.637. The van der Waals surface area contributed by atoms with Crippen molar-refractivity contribution in [3.8, 4) is 0 Å². The first-order valence-electron chi connectivity index (χ1n) is 6.64. The van der Waals surface area contributed by atoms with E-state index in [0.717, 1.165) is 24.2 Å². The molecule has 2 nitrogen and oxygen atoms in total. The first-order chi connectivity index (χ1) is 9.16. The Morgan fingerprint density at radius 3 is 2.95 bits per heavy atom. The van der Waals surface area contributed by atoms with E-state index in [1.807, 2.05) is 13.0 Å². The highest BCUT2D eigenvalue weighted by Crippen LogP contribution is 2.26. The number of fused-ring (bicyclic) bond motifs is 1. The SMILES string of the molecule is Cc1nc2c(n1Cc1cccc(F)c1Cl)CCCC2. The lowest BCUT2D eigenvalue weighted by atomic mass is 10.0. The van der Waals surface area contributed by atoms with E-state index < -0.39 is 0 Å². The van der Waals surface area contributed by atoms with Crippen LogP contribution in [-0.4, -0.2) is 9.55 Å². The predicted octanol–water partition coefficient (Wildman–Crippen LogP) is 3.91. The molecule has 3 rings (SSSR count). The quantitative estimate of drug-likeness (QED) is 0.814. The molecular weight excluding hydrogens is 263 g/mol. The van der Waals surface area contributed by atoms with Crippen LogP contribution < -0.4 is 0 Å². The third-order valence-electron chi connectivity index (χ3n) is 3.78. The van der Waals surface area contributed by atoms with Crippen LogP contribution in [0.1, 0.15) is 35.6 Å². The second kappa shape index (κ2) is 4.97. The Kier molecular flexibility index (Phi) is 3.31. The Morgan fingerprint density at radius 2 is 2.11 bits per heavy atom. The number of aromatic nitrogens is 2. The van der Waals surface area contributed by atoms with E-state index >= 15 is 0 Å². The molecule has 4 heteroatoms. The van der Waals surface area contributed by atoms with Crippen molar-refractivity contribution in [2.75, 3.05) is 0 Å². The van der Waals surface area contributed by atoms with Gasteiger partial charge in [-0.15, -0.1) is 0 Å². The van der Waals surface area contributed by atoms with Crippen molar-refractivity contribution in [3.63, 3.8) is 0 Å². The van der Waals surface area contributed by atoms with Gasteiger partial charge in [-0.2, -0.15) is 0 Å². The molecule has 0 radical (unpaired) electrons. The standard InChI is InChI=1S/C15H16ClFN2/c1-10-18-13-7-2-3-8-14(13)19(10)9-11-5-4-6-12(17)15(11)16/h4-6H,2-3,7-9H2,1H3. The number of aryl methyl sites for hydroxylation is 2. The van der Waals surface area contributed by atoms with Gasteiger partial charge in [0.15, 0.2) is 0 Å². The van der Waals surface area contributed by atoms with Crippen molar-refractivity contribution >= 4 is 11.6 Å². The van der Waals surface area contributed by atoms with E-state index in [2.05, 4.69) is 9.55 Å². The number of nitrogens with zero attached hydrogens (tertiary/aromatic N) is 2. The molecule has 0 saturated carbocycles. The smallest absolute Gasteiger partial charge is 0.142 e. The van der Waals surface area contributed by atoms with Gasteiger partial charge in [-0.05, 0) is 44.2 Å². The van der Waals surface area contributed by atoms with E-state index in [-0.39, 0.29) is 10.8 Å². The van der Waals surface area contributed by atoms with Crippen molar-refractivity contribution in [2.45, 2.75) is 39.2 Å². The Balaban J connectivity index is 1.99. The summed E-state index contributed by atoms with van der Waals surface area (Å²) in [6.45, 7) is 2.61. The van der Waals surface area contributed by atoms with Crippen LogP contribution in [0.15, 0.2) is 18.2 Å². The van der Waals surface area contributed by atoms with Crippen LogP contribution in [0.5, 0.6) is 0 Å². The molecule has 0 aliphatic heterocycles. The van der Waals surface area contributed by atoms with E-state index in [1.54, 1.807) is 6.07 Å². The highest BCUT2D eigenvalue weighted by molar-refractivity contribution is 6.31. The van der Waals surface area contributed by atoms with Gasteiger partial charge in [-0.1, -0.05) is 23.7 Å². The Hall–Kier alpha value is -1.35. The largest absolute Gasteiger partial charge is 0.328 e. The third-order valence-corrected chi connectivity index (χ3v) is 4.21. The molecule has 0 saturated heterocycles. The number of halogens is 2. The van der Waals surface area contributed by atoms with Gasteiger partial charge < -0.3 is 4.57 Å². The van der Waals surface area contributed by atoms with E-state index in [1.165, 1.54) is 30.3 Å². The van der Waals surface area contributed by atoms with Crippen LogP contribution in [0, 0.1) is 12.7 Å². The van der Waals surface area contributed by atoms with Crippen LogP contribution in [0.2, 0.25) is 5.02 Å². The molecule has 1 aliphatic rings. The van der Waals surface area contributed by atoms with Gasteiger partial charge in [0, 0.05) is 5.69 Å². The minimum absolute atomic E-state index is 0.222. The van der Waals surface area contributed by atoms with Crippen LogP contribution in [0.3, 0.4) is 0 Å². The Labute approximate surface area is 117 Å². The first kappa shape index (κ1) is 12.7. The zero-order chi connectivity index (χ0) is 13.4. The fraction of sp³-hybridized carbons (Fsp3) is 0.400. The molecule has 2 aromatic rings. The fourth-order valence-electron chi connectivity index (χ4n) is 2.79. The average molecular weight is 279 g/mol. The molecule has 1 aromatic heterocycles.